The summed E-state index contributed by atoms with van der Waals surface area (Å²) in [5.74, 6) is -2.22. The Morgan fingerprint density at radius 3 is 2.50 bits per heavy atom. The van der Waals surface area contributed by atoms with Crippen LogP contribution in [0.25, 0.3) is 0 Å². The lowest BCUT2D eigenvalue weighted by atomic mass is 9.86. The van der Waals surface area contributed by atoms with E-state index in [1.165, 1.54) is 28.3 Å². The van der Waals surface area contributed by atoms with Gasteiger partial charge < -0.3 is 9.64 Å². The molecule has 0 N–H and O–H groups in total. The molecule has 0 radical (unpaired) electrons. The first-order chi connectivity index (χ1) is 15.1. The number of ether oxygens (including phenoxy) is 1. The van der Waals surface area contributed by atoms with E-state index < -0.39 is 40.9 Å². The Bertz CT molecular complexity index is 1120. The van der Waals surface area contributed by atoms with Gasteiger partial charge in [-0.25, -0.2) is 18.4 Å². The highest BCUT2D eigenvalue weighted by molar-refractivity contribution is 5.94. The van der Waals surface area contributed by atoms with Crippen LogP contribution in [-0.2, 0) is 23.1 Å². The third-order valence-electron chi connectivity index (χ3n) is 5.57. The van der Waals surface area contributed by atoms with Crippen LogP contribution in [-0.4, -0.2) is 38.3 Å². The largest absolute Gasteiger partial charge is 0.416 e. The van der Waals surface area contributed by atoms with E-state index in [1.54, 1.807) is 6.92 Å². The zero-order valence-corrected chi connectivity index (χ0v) is 16.7. The molecule has 0 bridgehead atoms. The van der Waals surface area contributed by atoms with E-state index in [-0.39, 0.29) is 24.4 Å². The van der Waals surface area contributed by atoms with Gasteiger partial charge in [-0.15, -0.1) is 0 Å². The van der Waals surface area contributed by atoms with Gasteiger partial charge in [-0.2, -0.15) is 18.3 Å². The van der Waals surface area contributed by atoms with Gasteiger partial charge in [0.15, 0.2) is 0 Å². The van der Waals surface area contributed by atoms with Crippen molar-refractivity contribution >= 4 is 5.91 Å². The van der Waals surface area contributed by atoms with E-state index in [1.807, 2.05) is 0 Å². The maximum Gasteiger partial charge on any atom is 0.416 e. The fourth-order valence-corrected chi connectivity index (χ4v) is 3.82. The number of carbonyl (C=O) groups excluding carboxylic acids is 1. The number of amides is 1. The molecule has 0 spiro atoms. The second-order valence-electron chi connectivity index (χ2n) is 7.41. The molecule has 1 aliphatic heterocycles. The number of halogens is 5. The minimum Gasteiger partial charge on any atom is -0.346 e. The van der Waals surface area contributed by atoms with E-state index in [2.05, 4.69) is 10.1 Å². The molecule has 1 aromatic heterocycles. The Balaban J connectivity index is 1.69. The Morgan fingerprint density at radius 2 is 1.91 bits per heavy atom. The summed E-state index contributed by atoms with van der Waals surface area (Å²) in [5.41, 5.74) is -2.28. The second kappa shape index (κ2) is 7.97. The molecule has 168 valence electrons. The third kappa shape index (κ3) is 3.83. The van der Waals surface area contributed by atoms with Crippen LogP contribution in [0.4, 0.5) is 22.0 Å². The average molecular weight is 452 g/mol. The van der Waals surface area contributed by atoms with Crippen molar-refractivity contribution in [1.82, 2.24) is 19.7 Å². The number of carbonyl (C=O) groups is 1. The topological polar surface area (TPSA) is 60.2 Å². The van der Waals surface area contributed by atoms with Gasteiger partial charge in [0.25, 0.3) is 5.91 Å². The van der Waals surface area contributed by atoms with Crippen molar-refractivity contribution in [1.29, 1.82) is 0 Å². The zero-order valence-electron chi connectivity index (χ0n) is 16.7. The summed E-state index contributed by atoms with van der Waals surface area (Å²) in [6.07, 6.45) is -1.86. The van der Waals surface area contributed by atoms with Gasteiger partial charge in [-0.05, 0) is 37.3 Å². The molecule has 11 heteroatoms. The van der Waals surface area contributed by atoms with Gasteiger partial charge in [-0.3, -0.25) is 4.79 Å². The van der Waals surface area contributed by atoms with Crippen molar-refractivity contribution < 1.29 is 31.5 Å². The highest BCUT2D eigenvalue weighted by atomic mass is 19.4. The summed E-state index contributed by atoms with van der Waals surface area (Å²) in [5, 5.41) is 4.01. The Morgan fingerprint density at radius 1 is 1.19 bits per heavy atom. The molecule has 1 fully saturated rings. The van der Waals surface area contributed by atoms with E-state index in [0.29, 0.717) is 0 Å². The molecule has 2 unspecified atom stereocenters. The monoisotopic (exact) mass is 452 g/mol. The second-order valence-corrected chi connectivity index (χ2v) is 7.41. The van der Waals surface area contributed by atoms with Crippen LogP contribution in [0.2, 0.25) is 0 Å². The molecule has 4 rings (SSSR count). The summed E-state index contributed by atoms with van der Waals surface area (Å²) in [6.45, 7) is 1.33. The van der Waals surface area contributed by atoms with Crippen molar-refractivity contribution in [2.75, 3.05) is 6.73 Å². The van der Waals surface area contributed by atoms with Gasteiger partial charge in [-0.1, -0.05) is 6.07 Å². The van der Waals surface area contributed by atoms with Gasteiger partial charge in [0.05, 0.1) is 18.2 Å². The summed E-state index contributed by atoms with van der Waals surface area (Å²) in [7, 11) is 0. The standard InChI is InChI=1S/C21H17F5N4O2/c1-13-20(9-29-11-27-10-28-29,17-7-6-16(22)8-18(17)23)32-12-30(13)19(31)14-2-4-15(5-3-14)21(24,25)26/h2-8,10-11,13H,9,12H2,1H3. The number of aromatic nitrogens is 3. The van der Waals surface area contributed by atoms with Crippen LogP contribution in [0.3, 0.4) is 0 Å². The van der Waals surface area contributed by atoms with Gasteiger partial charge in [0, 0.05) is 17.2 Å². The third-order valence-corrected chi connectivity index (χ3v) is 5.57. The first kappa shape index (κ1) is 21.9. The highest BCUT2D eigenvalue weighted by Gasteiger charge is 2.51. The van der Waals surface area contributed by atoms with Gasteiger partial charge in [0.1, 0.15) is 36.6 Å². The predicted molar refractivity (Wildman–Crippen MR) is 101 cm³/mol. The van der Waals surface area contributed by atoms with Gasteiger partial charge >= 0.3 is 6.18 Å². The predicted octanol–water partition coefficient (Wildman–Crippen LogP) is 3.99. The summed E-state index contributed by atoms with van der Waals surface area (Å²) >= 11 is 0. The molecule has 6 nitrogen and oxygen atoms in total. The number of hydrogen-bond donors (Lipinski definition) is 0. The smallest absolute Gasteiger partial charge is 0.346 e. The minimum absolute atomic E-state index is 0.0181. The quantitative estimate of drug-likeness (QED) is 0.562. The molecule has 1 amide bonds. The van der Waals surface area contributed by atoms with Gasteiger partial charge in [0.2, 0.25) is 0 Å². The molecule has 32 heavy (non-hydrogen) atoms. The number of benzene rings is 2. The molecule has 1 saturated heterocycles. The van der Waals surface area contributed by atoms with Crippen molar-refractivity contribution in [2.24, 2.45) is 0 Å². The lowest BCUT2D eigenvalue weighted by Crippen LogP contribution is -2.46. The van der Waals surface area contributed by atoms with E-state index >= 15 is 0 Å². The summed E-state index contributed by atoms with van der Waals surface area (Å²) in [6, 6.07) is 6.05. The van der Waals surface area contributed by atoms with E-state index in [4.69, 9.17) is 4.74 Å². The van der Waals surface area contributed by atoms with Crippen molar-refractivity contribution in [2.45, 2.75) is 31.3 Å². The fourth-order valence-electron chi connectivity index (χ4n) is 3.82. The van der Waals surface area contributed by atoms with Crippen LogP contribution in [0.5, 0.6) is 0 Å². The number of nitrogens with zero attached hydrogens (tertiary/aromatic N) is 4. The zero-order chi connectivity index (χ0) is 23.1. The summed E-state index contributed by atoms with van der Waals surface area (Å²) in [4.78, 5) is 18.2. The van der Waals surface area contributed by atoms with Crippen molar-refractivity contribution in [3.05, 3.63) is 83.4 Å². The van der Waals surface area contributed by atoms with Crippen molar-refractivity contribution in [3.8, 4) is 0 Å². The molecule has 1 aliphatic rings. The number of alkyl halides is 3. The number of rotatable bonds is 4. The normalized spacial score (nSPS) is 21.2. The molecular formula is C21H17F5N4O2. The SMILES string of the molecule is CC1N(C(=O)c2ccc(C(F)(F)F)cc2)COC1(Cn1cncn1)c1ccc(F)cc1F. The van der Waals surface area contributed by atoms with Crippen LogP contribution < -0.4 is 0 Å². The average Bonchev–Trinajstić information content (AvgIpc) is 3.36. The van der Waals surface area contributed by atoms with Crippen LogP contribution in [0.15, 0.2) is 55.1 Å². The van der Waals surface area contributed by atoms with Crippen LogP contribution in [0.1, 0.15) is 28.4 Å². The first-order valence-electron chi connectivity index (χ1n) is 9.52. The Kier molecular flexibility index (Phi) is 5.45. The van der Waals surface area contributed by atoms with E-state index in [9.17, 15) is 26.7 Å². The maximum absolute atomic E-state index is 14.8. The lowest BCUT2D eigenvalue weighted by Gasteiger charge is -2.34. The lowest BCUT2D eigenvalue weighted by molar-refractivity contribution is -0.137. The molecule has 2 heterocycles. The fraction of sp³-hybridized carbons (Fsp3) is 0.286. The maximum atomic E-state index is 14.8. The Hall–Kier alpha value is -3.34. The first-order valence-corrected chi connectivity index (χ1v) is 9.52. The molecule has 0 saturated carbocycles. The van der Waals surface area contributed by atoms with Crippen molar-refractivity contribution in [3.63, 3.8) is 0 Å². The summed E-state index contributed by atoms with van der Waals surface area (Å²) < 4.78 is 74.1. The molecule has 3 aromatic rings. The van der Waals surface area contributed by atoms with E-state index in [0.717, 1.165) is 36.4 Å². The van der Waals surface area contributed by atoms with Crippen LogP contribution in [0, 0.1) is 11.6 Å². The van der Waals surface area contributed by atoms with Crippen LogP contribution >= 0.6 is 0 Å². The molecular weight excluding hydrogens is 435 g/mol. The minimum atomic E-state index is -4.53. The molecule has 2 atom stereocenters. The molecule has 2 aromatic carbocycles. The number of hydrogen-bond acceptors (Lipinski definition) is 4. The Labute approximate surface area is 179 Å². The highest BCUT2D eigenvalue weighted by Crippen LogP contribution is 2.41. The molecule has 0 aliphatic carbocycles.